The van der Waals surface area contributed by atoms with Crippen molar-refractivity contribution in [2.24, 2.45) is 5.92 Å². The Morgan fingerprint density at radius 2 is 2.03 bits per heavy atom. The summed E-state index contributed by atoms with van der Waals surface area (Å²) >= 11 is 0. The largest absolute Gasteiger partial charge is 0.359 e. The van der Waals surface area contributed by atoms with Gasteiger partial charge in [-0.15, -0.1) is 0 Å². The number of hydrogen-bond donors (Lipinski definition) is 3. The number of amides is 2. The first-order valence-electron chi connectivity index (χ1n) is 11.7. The molecule has 1 unspecified atom stereocenters. The smallest absolute Gasteiger partial charge is 0.259 e. The molecule has 9 heteroatoms. The molecule has 1 aliphatic carbocycles. The van der Waals surface area contributed by atoms with Gasteiger partial charge in [-0.25, -0.2) is 13.8 Å². The van der Waals surface area contributed by atoms with Gasteiger partial charge in [-0.3, -0.25) is 14.6 Å². The van der Waals surface area contributed by atoms with Crippen LogP contribution in [0, 0.1) is 5.92 Å². The summed E-state index contributed by atoms with van der Waals surface area (Å²) in [5.41, 5.74) is 1.69. The molecule has 2 heterocycles. The van der Waals surface area contributed by atoms with Crippen LogP contribution in [-0.4, -0.2) is 39.7 Å². The summed E-state index contributed by atoms with van der Waals surface area (Å²) in [6.07, 6.45) is 8.34. The maximum absolute atomic E-state index is 13.8. The van der Waals surface area contributed by atoms with Crippen molar-refractivity contribution in [3.63, 3.8) is 0 Å². The highest BCUT2D eigenvalue weighted by atomic mass is 19.3. The molecule has 0 saturated heterocycles. The van der Waals surface area contributed by atoms with E-state index in [1.54, 1.807) is 25.6 Å². The number of aromatic amines is 1. The zero-order valence-electron chi connectivity index (χ0n) is 19.1. The fraction of sp³-hybridized carbons (Fsp3) is 0.440. The normalized spacial score (nSPS) is 17.7. The zero-order valence-corrected chi connectivity index (χ0v) is 19.1. The number of benzene rings is 1. The fourth-order valence-electron chi connectivity index (χ4n) is 4.23. The van der Waals surface area contributed by atoms with Crippen LogP contribution in [0.15, 0.2) is 42.9 Å². The second-order valence-corrected chi connectivity index (χ2v) is 8.81. The molecule has 4 rings (SSSR count). The Labute approximate surface area is 196 Å². The Kier molecular flexibility index (Phi) is 7.19. The molecule has 34 heavy (non-hydrogen) atoms. The Hall–Kier alpha value is -3.36. The van der Waals surface area contributed by atoms with Gasteiger partial charge in [0.05, 0.1) is 17.9 Å². The van der Waals surface area contributed by atoms with Crippen LogP contribution >= 0.6 is 0 Å². The lowest BCUT2D eigenvalue weighted by atomic mass is 9.80. The number of fused-ring (bicyclic) bond motifs is 1. The maximum atomic E-state index is 13.8. The Morgan fingerprint density at radius 3 is 2.76 bits per heavy atom. The summed E-state index contributed by atoms with van der Waals surface area (Å²) in [6, 6.07) is 7.39. The summed E-state index contributed by atoms with van der Waals surface area (Å²) in [6.45, 7) is 0. The molecule has 2 atom stereocenters. The number of nitrogens with one attached hydrogen (secondary N) is 3. The fourth-order valence-corrected chi connectivity index (χ4v) is 4.23. The van der Waals surface area contributed by atoms with Crippen LogP contribution in [0.2, 0.25) is 0 Å². The molecular weight excluding hydrogens is 440 g/mol. The number of imidazole rings is 1. The first-order valence-corrected chi connectivity index (χ1v) is 11.7. The maximum Gasteiger partial charge on any atom is 0.259 e. The number of pyridine rings is 1. The van der Waals surface area contributed by atoms with Crippen LogP contribution in [0.5, 0.6) is 0 Å². The van der Waals surface area contributed by atoms with E-state index in [2.05, 4.69) is 25.6 Å². The minimum Gasteiger partial charge on any atom is -0.359 e. The molecule has 2 aromatic heterocycles. The van der Waals surface area contributed by atoms with Gasteiger partial charge in [0.2, 0.25) is 11.8 Å². The second kappa shape index (κ2) is 10.3. The monoisotopic (exact) mass is 469 g/mol. The topological polar surface area (TPSA) is 99.8 Å². The Balaban J connectivity index is 1.47. The molecule has 0 bridgehead atoms. The van der Waals surface area contributed by atoms with E-state index >= 15 is 0 Å². The Morgan fingerprint density at radius 1 is 1.18 bits per heavy atom. The van der Waals surface area contributed by atoms with Crippen LogP contribution in [0.4, 0.5) is 8.78 Å². The number of unbranched alkanes of at least 4 members (excludes halogenated alkanes) is 2. The van der Waals surface area contributed by atoms with E-state index in [1.165, 1.54) is 0 Å². The minimum atomic E-state index is -2.95. The number of carbonyl (C=O) groups excluding carboxylic acids is 2. The first kappa shape index (κ1) is 23.8. The highest BCUT2D eigenvalue weighted by Gasteiger charge is 2.52. The Bertz CT molecular complexity index is 1160. The number of aromatic nitrogens is 3. The molecular formula is C25H29F2N5O2. The van der Waals surface area contributed by atoms with Crippen molar-refractivity contribution in [3.05, 3.63) is 48.7 Å². The van der Waals surface area contributed by atoms with Crippen LogP contribution in [0.25, 0.3) is 22.0 Å². The van der Waals surface area contributed by atoms with Gasteiger partial charge in [-0.2, -0.15) is 0 Å². The molecule has 0 radical (unpaired) electrons. The van der Waals surface area contributed by atoms with Gasteiger partial charge in [0.25, 0.3) is 5.92 Å². The lowest BCUT2D eigenvalue weighted by Crippen LogP contribution is -2.49. The van der Waals surface area contributed by atoms with Crippen molar-refractivity contribution in [2.75, 3.05) is 7.05 Å². The average Bonchev–Trinajstić information content (AvgIpc) is 3.32. The van der Waals surface area contributed by atoms with Crippen LogP contribution in [-0.2, 0) is 9.59 Å². The average molecular weight is 470 g/mol. The van der Waals surface area contributed by atoms with Crippen LogP contribution in [0.3, 0.4) is 0 Å². The van der Waals surface area contributed by atoms with E-state index in [-0.39, 0.29) is 18.7 Å². The number of hydrogen-bond acceptors (Lipinski definition) is 4. The van der Waals surface area contributed by atoms with Crippen molar-refractivity contribution in [1.29, 1.82) is 0 Å². The molecule has 180 valence electrons. The quantitative estimate of drug-likeness (QED) is 0.380. The number of H-pyrrole nitrogens is 1. The van der Waals surface area contributed by atoms with Gasteiger partial charge in [0.15, 0.2) is 0 Å². The van der Waals surface area contributed by atoms with Gasteiger partial charge >= 0.3 is 0 Å². The molecule has 3 aromatic rings. The van der Waals surface area contributed by atoms with Gasteiger partial charge in [0, 0.05) is 43.2 Å². The van der Waals surface area contributed by atoms with Crippen molar-refractivity contribution in [3.8, 4) is 11.3 Å². The summed E-state index contributed by atoms with van der Waals surface area (Å²) in [5.74, 6) is -4.36. The molecule has 0 spiro atoms. The van der Waals surface area contributed by atoms with Crippen molar-refractivity contribution >= 4 is 22.6 Å². The third kappa shape index (κ3) is 5.40. The van der Waals surface area contributed by atoms with Gasteiger partial charge in [-0.1, -0.05) is 25.0 Å². The number of halogens is 2. The molecule has 1 aliphatic rings. The number of alkyl halides is 2. The number of rotatable bonds is 10. The van der Waals surface area contributed by atoms with Crippen molar-refractivity contribution in [2.45, 2.75) is 56.9 Å². The second-order valence-electron chi connectivity index (χ2n) is 8.81. The highest BCUT2D eigenvalue weighted by molar-refractivity contribution is 5.86. The van der Waals surface area contributed by atoms with Gasteiger partial charge < -0.3 is 15.6 Å². The van der Waals surface area contributed by atoms with Gasteiger partial charge in [-0.05, 0) is 36.8 Å². The number of carbonyl (C=O) groups is 2. The highest BCUT2D eigenvalue weighted by Crippen LogP contribution is 2.43. The first-order chi connectivity index (χ1) is 16.4. The lowest BCUT2D eigenvalue weighted by molar-refractivity contribution is -0.163. The molecule has 3 N–H and O–H groups in total. The van der Waals surface area contributed by atoms with E-state index in [0.29, 0.717) is 18.7 Å². The summed E-state index contributed by atoms with van der Waals surface area (Å²) in [5, 5.41) is 7.45. The third-order valence-corrected chi connectivity index (χ3v) is 6.46. The predicted molar refractivity (Wildman–Crippen MR) is 125 cm³/mol. The minimum absolute atomic E-state index is 0.0154. The van der Waals surface area contributed by atoms with E-state index in [0.717, 1.165) is 41.3 Å². The predicted octanol–water partition coefficient (Wildman–Crippen LogP) is 4.52. The van der Waals surface area contributed by atoms with Crippen LogP contribution in [0.1, 0.15) is 56.8 Å². The molecule has 7 nitrogen and oxygen atoms in total. The van der Waals surface area contributed by atoms with E-state index < -0.39 is 23.8 Å². The third-order valence-electron chi connectivity index (χ3n) is 6.46. The van der Waals surface area contributed by atoms with E-state index in [4.69, 9.17) is 0 Å². The molecule has 2 amide bonds. The van der Waals surface area contributed by atoms with E-state index in [9.17, 15) is 18.4 Å². The van der Waals surface area contributed by atoms with Crippen molar-refractivity contribution in [1.82, 2.24) is 25.6 Å². The van der Waals surface area contributed by atoms with Crippen molar-refractivity contribution < 1.29 is 18.4 Å². The van der Waals surface area contributed by atoms with Crippen LogP contribution < -0.4 is 10.6 Å². The SMILES string of the molecule is CNC(=O)CCCCC[C@H](NC(=O)C1CCC1(F)F)c1ncc(-c2ccc3ccncc3c2)[nH]1. The number of nitrogens with zero attached hydrogens (tertiary/aromatic N) is 2. The zero-order chi connectivity index (χ0) is 24.1. The van der Waals surface area contributed by atoms with Gasteiger partial charge in [0.1, 0.15) is 11.7 Å². The molecule has 0 aliphatic heterocycles. The molecule has 1 fully saturated rings. The van der Waals surface area contributed by atoms with E-state index in [1.807, 2.05) is 24.3 Å². The summed E-state index contributed by atoms with van der Waals surface area (Å²) in [7, 11) is 1.60. The summed E-state index contributed by atoms with van der Waals surface area (Å²) < 4.78 is 27.6. The lowest BCUT2D eigenvalue weighted by Gasteiger charge is -2.35. The molecule has 1 saturated carbocycles. The molecule has 1 aromatic carbocycles. The summed E-state index contributed by atoms with van der Waals surface area (Å²) in [4.78, 5) is 35.9. The standard InChI is InChI=1S/C25H29F2N5O2/c1-28-22(33)6-4-2-3-5-20(32-24(34)19-9-11-25(19,26)27)23-30-15-21(31-23)17-8-7-16-10-12-29-14-18(16)13-17/h7-8,10,12-15,19-20H,2-6,9,11H2,1H3,(H,28,33)(H,30,31)(H,32,34)/t19?,20-/m0/s1.